The Kier molecular flexibility index (Phi) is 3.16. The van der Waals surface area contributed by atoms with Crippen molar-refractivity contribution >= 4 is 23.6 Å². The molecule has 0 saturated carbocycles. The molecule has 1 aromatic heterocycles. The lowest BCUT2D eigenvalue weighted by molar-refractivity contribution is 0.0695. The fourth-order valence-corrected chi connectivity index (χ4v) is 2.50. The number of aromatic carboxylic acids is 1. The molecule has 0 spiro atoms. The Hall–Kier alpha value is -3.93. The van der Waals surface area contributed by atoms with E-state index in [4.69, 9.17) is 16.1 Å². The van der Waals surface area contributed by atoms with Gasteiger partial charge in [0.2, 0.25) is 0 Å². The van der Waals surface area contributed by atoms with Crippen LogP contribution in [0.15, 0.2) is 29.1 Å². The second-order valence-electron chi connectivity index (χ2n) is 4.92. The van der Waals surface area contributed by atoms with Crippen LogP contribution in [0.2, 0.25) is 0 Å². The molecule has 9 nitrogen and oxygen atoms in total. The molecule has 4 N–H and O–H groups in total. The van der Waals surface area contributed by atoms with E-state index in [2.05, 4.69) is 0 Å². The van der Waals surface area contributed by atoms with Gasteiger partial charge >= 0.3 is 5.97 Å². The van der Waals surface area contributed by atoms with Gasteiger partial charge in [-0.25, -0.2) is 4.79 Å². The van der Waals surface area contributed by atoms with Crippen molar-refractivity contribution in [2.75, 3.05) is 5.73 Å². The lowest BCUT2D eigenvalue weighted by Crippen LogP contribution is -2.24. The van der Waals surface area contributed by atoms with Gasteiger partial charge in [0.05, 0.1) is 27.9 Å². The van der Waals surface area contributed by atoms with E-state index in [-0.39, 0.29) is 33.8 Å². The number of carbonyl (C=O) groups is 3. The summed E-state index contributed by atoms with van der Waals surface area (Å²) in [6, 6.07) is 6.29. The van der Waals surface area contributed by atoms with Crippen molar-refractivity contribution in [3.05, 3.63) is 56.9 Å². The number of hydrogen-bond donors (Lipinski definition) is 3. The van der Waals surface area contributed by atoms with Crippen LogP contribution in [0.25, 0.3) is 5.69 Å². The van der Waals surface area contributed by atoms with Crippen LogP contribution in [0.5, 0.6) is 0 Å². The van der Waals surface area contributed by atoms with Gasteiger partial charge in [-0.1, -0.05) is 0 Å². The minimum atomic E-state index is -1.29. The van der Waals surface area contributed by atoms with Crippen LogP contribution in [0, 0.1) is 11.3 Å². The lowest BCUT2D eigenvalue weighted by Gasteiger charge is -2.12. The summed E-state index contributed by atoms with van der Waals surface area (Å²) in [6.45, 7) is 0. The molecule has 0 aliphatic carbocycles. The highest BCUT2D eigenvalue weighted by Gasteiger charge is 2.31. The number of carboxylic acid groups (broad SMARTS) is 1. The maximum absolute atomic E-state index is 12.3. The van der Waals surface area contributed by atoms with Gasteiger partial charge in [0.15, 0.2) is 0 Å². The fraction of sp³-hybridized carbons (Fsp3) is 0. The molecule has 24 heavy (non-hydrogen) atoms. The van der Waals surface area contributed by atoms with E-state index < -0.39 is 23.3 Å². The molecule has 0 unspecified atom stereocenters. The van der Waals surface area contributed by atoms with Gasteiger partial charge in [-0.2, -0.15) is 5.26 Å². The average Bonchev–Trinajstić information content (AvgIpc) is 2.81. The first-order chi connectivity index (χ1) is 11.3. The zero-order chi connectivity index (χ0) is 17.6. The van der Waals surface area contributed by atoms with Crippen molar-refractivity contribution in [1.82, 2.24) is 9.88 Å². The lowest BCUT2D eigenvalue weighted by atomic mass is 10.1. The number of imide groups is 1. The number of fused-ring (bicyclic) bond motifs is 1. The zero-order valence-electron chi connectivity index (χ0n) is 11.9. The molecule has 1 aromatic carbocycles. The number of carboxylic acids is 1. The Bertz CT molecular complexity index is 1050. The number of aromatic nitrogens is 1. The average molecular weight is 324 g/mol. The number of pyridine rings is 1. The highest BCUT2D eigenvalue weighted by atomic mass is 16.4. The molecule has 0 bridgehead atoms. The third-order valence-corrected chi connectivity index (χ3v) is 3.57. The van der Waals surface area contributed by atoms with Crippen molar-refractivity contribution in [2.24, 2.45) is 0 Å². The predicted octanol–water partition coefficient (Wildman–Crippen LogP) is -0.127. The third kappa shape index (κ3) is 2.02. The highest BCUT2D eigenvalue weighted by Crippen LogP contribution is 2.23. The number of nitrogens with one attached hydrogen (secondary N) is 1. The van der Waals surface area contributed by atoms with Crippen LogP contribution >= 0.6 is 0 Å². The van der Waals surface area contributed by atoms with Gasteiger partial charge in [-0.05, 0) is 18.2 Å². The van der Waals surface area contributed by atoms with E-state index in [0.29, 0.717) is 0 Å². The Morgan fingerprint density at radius 2 is 1.92 bits per heavy atom. The third-order valence-electron chi connectivity index (χ3n) is 3.57. The summed E-state index contributed by atoms with van der Waals surface area (Å²) in [7, 11) is 0. The van der Waals surface area contributed by atoms with Crippen molar-refractivity contribution in [3.63, 3.8) is 0 Å². The topological polar surface area (TPSA) is 155 Å². The smallest absolute Gasteiger partial charge is 0.337 e. The Morgan fingerprint density at radius 1 is 1.21 bits per heavy atom. The number of nitrogens with two attached hydrogens (primary N) is 1. The summed E-state index contributed by atoms with van der Waals surface area (Å²) in [5, 5.41) is 20.1. The zero-order valence-corrected chi connectivity index (χ0v) is 11.9. The summed E-state index contributed by atoms with van der Waals surface area (Å²) in [4.78, 5) is 46.7. The number of hydrogen-bond acceptors (Lipinski definition) is 6. The number of rotatable bonds is 2. The second kappa shape index (κ2) is 5.06. The number of amides is 2. The molecule has 3 rings (SSSR count). The summed E-state index contributed by atoms with van der Waals surface area (Å²) >= 11 is 0. The van der Waals surface area contributed by atoms with Gasteiger partial charge in [0.25, 0.3) is 17.4 Å². The summed E-state index contributed by atoms with van der Waals surface area (Å²) in [6.07, 6.45) is 0. The quantitative estimate of drug-likeness (QED) is 0.650. The summed E-state index contributed by atoms with van der Waals surface area (Å²) in [5.41, 5.74) is 4.60. The number of nitrogen functional groups attached to an aromatic ring is 1. The Morgan fingerprint density at radius 3 is 2.54 bits per heavy atom. The molecule has 2 heterocycles. The van der Waals surface area contributed by atoms with Gasteiger partial charge in [0, 0.05) is 6.07 Å². The molecule has 0 radical (unpaired) electrons. The van der Waals surface area contributed by atoms with Gasteiger partial charge in [-0.15, -0.1) is 0 Å². The van der Waals surface area contributed by atoms with Crippen molar-refractivity contribution in [3.8, 4) is 11.8 Å². The number of anilines is 1. The van der Waals surface area contributed by atoms with E-state index in [0.717, 1.165) is 16.7 Å². The van der Waals surface area contributed by atoms with E-state index in [1.807, 2.05) is 5.32 Å². The first-order valence-corrected chi connectivity index (χ1v) is 6.54. The van der Waals surface area contributed by atoms with E-state index >= 15 is 0 Å². The molecule has 0 fully saturated rings. The van der Waals surface area contributed by atoms with Crippen LogP contribution in [0.4, 0.5) is 5.82 Å². The van der Waals surface area contributed by atoms with Gasteiger partial charge < -0.3 is 10.8 Å². The standard InChI is InChI=1S/C15H8N4O5/c16-5-6-3-7(1-2-8(6)15(23)24)19-10(20)4-9-11(12(19)17)14(22)18-13(9)21/h1-4H,17H2,(H,23,24)(H,18,21,22). The SMILES string of the molecule is N#Cc1cc(-n2c(N)c3c(cc2=O)C(=O)NC3=O)ccc1C(=O)O. The molecule has 2 amide bonds. The van der Waals surface area contributed by atoms with Gasteiger partial charge in [-0.3, -0.25) is 24.3 Å². The number of nitriles is 1. The van der Waals surface area contributed by atoms with Crippen molar-refractivity contribution < 1.29 is 19.5 Å². The Balaban J connectivity index is 2.30. The normalized spacial score (nSPS) is 12.5. The largest absolute Gasteiger partial charge is 0.478 e. The minimum absolute atomic E-state index is 0.106. The molecule has 118 valence electrons. The predicted molar refractivity (Wildman–Crippen MR) is 79.9 cm³/mol. The molecule has 9 heteroatoms. The maximum Gasteiger partial charge on any atom is 0.337 e. The van der Waals surface area contributed by atoms with E-state index in [1.54, 1.807) is 6.07 Å². The van der Waals surface area contributed by atoms with Gasteiger partial charge in [0.1, 0.15) is 11.9 Å². The number of benzene rings is 1. The Labute approximate surface area is 133 Å². The first kappa shape index (κ1) is 15.0. The monoisotopic (exact) mass is 324 g/mol. The highest BCUT2D eigenvalue weighted by molar-refractivity contribution is 6.23. The van der Waals surface area contributed by atoms with E-state index in [1.165, 1.54) is 12.1 Å². The van der Waals surface area contributed by atoms with Crippen LogP contribution in [0.1, 0.15) is 36.6 Å². The number of carbonyl (C=O) groups excluding carboxylic acids is 2. The molecule has 1 aliphatic rings. The molecular weight excluding hydrogens is 316 g/mol. The molecule has 2 aromatic rings. The summed E-state index contributed by atoms with van der Waals surface area (Å²) in [5.74, 6) is -3.01. The van der Waals surface area contributed by atoms with Crippen molar-refractivity contribution in [1.29, 1.82) is 5.26 Å². The minimum Gasteiger partial charge on any atom is -0.478 e. The summed E-state index contributed by atoms with van der Waals surface area (Å²) < 4.78 is 0.934. The van der Waals surface area contributed by atoms with E-state index in [9.17, 15) is 19.2 Å². The molecule has 1 aliphatic heterocycles. The molecule has 0 saturated heterocycles. The van der Waals surface area contributed by atoms with Crippen molar-refractivity contribution in [2.45, 2.75) is 0 Å². The molecular formula is C15H8N4O5. The van der Waals surface area contributed by atoms with Crippen LogP contribution in [-0.4, -0.2) is 27.5 Å². The van der Waals surface area contributed by atoms with Crippen LogP contribution in [0.3, 0.4) is 0 Å². The molecule has 0 atom stereocenters. The van der Waals surface area contributed by atoms with Crippen LogP contribution < -0.4 is 16.6 Å². The van der Waals surface area contributed by atoms with Crippen LogP contribution in [-0.2, 0) is 0 Å². The number of nitrogens with zero attached hydrogens (tertiary/aromatic N) is 2. The second-order valence-corrected chi connectivity index (χ2v) is 4.92. The first-order valence-electron chi connectivity index (χ1n) is 6.54. The fourth-order valence-electron chi connectivity index (χ4n) is 2.50. The maximum atomic E-state index is 12.3.